The molecule has 3 N–H and O–H groups in total. The summed E-state index contributed by atoms with van der Waals surface area (Å²) < 4.78 is 32.3. The molecule has 0 amide bonds. The van der Waals surface area contributed by atoms with E-state index < -0.39 is 23.8 Å². The van der Waals surface area contributed by atoms with Crippen LogP contribution >= 0.6 is 24.0 Å². The largest absolute Gasteiger partial charge is 0.389 e. The highest BCUT2D eigenvalue weighted by molar-refractivity contribution is 14.0. The number of guanidine groups is 1. The van der Waals surface area contributed by atoms with Crippen LogP contribution in [-0.2, 0) is 4.74 Å². The molecule has 8 heteroatoms. The number of ether oxygens (including phenoxy) is 1. The van der Waals surface area contributed by atoms with Gasteiger partial charge in [0.15, 0.2) is 5.96 Å². The molecule has 26 heavy (non-hydrogen) atoms. The van der Waals surface area contributed by atoms with Crippen molar-refractivity contribution in [3.8, 4) is 0 Å². The molecular weight excluding hydrogens is 455 g/mol. The van der Waals surface area contributed by atoms with E-state index in [0.29, 0.717) is 30.6 Å². The minimum absolute atomic E-state index is 0. The average Bonchev–Trinajstić information content (AvgIpc) is 2.52. The fourth-order valence-corrected chi connectivity index (χ4v) is 2.14. The molecule has 0 aliphatic rings. The van der Waals surface area contributed by atoms with Crippen LogP contribution in [0.4, 0.5) is 8.78 Å². The molecule has 0 heterocycles. The summed E-state index contributed by atoms with van der Waals surface area (Å²) in [5.74, 6) is -0.376. The Morgan fingerprint density at radius 1 is 1.23 bits per heavy atom. The molecule has 0 bridgehead atoms. The molecule has 2 unspecified atom stereocenters. The molecule has 0 saturated carbocycles. The van der Waals surface area contributed by atoms with Crippen LogP contribution in [0.5, 0.6) is 0 Å². The van der Waals surface area contributed by atoms with Gasteiger partial charge in [0.05, 0.1) is 25.3 Å². The van der Waals surface area contributed by atoms with Crippen molar-refractivity contribution < 1.29 is 18.6 Å². The summed E-state index contributed by atoms with van der Waals surface area (Å²) in [6.07, 6.45) is -0.716. The normalized spacial score (nSPS) is 13.9. The molecule has 0 radical (unpaired) electrons. The monoisotopic (exact) mass is 485 g/mol. The third-order valence-corrected chi connectivity index (χ3v) is 3.35. The Kier molecular flexibility index (Phi) is 12.7. The van der Waals surface area contributed by atoms with Gasteiger partial charge in [0.1, 0.15) is 11.6 Å². The summed E-state index contributed by atoms with van der Waals surface area (Å²) >= 11 is 0. The Balaban J connectivity index is 0.00000625. The van der Waals surface area contributed by atoms with E-state index in [-0.39, 0.29) is 37.1 Å². The second-order valence-corrected chi connectivity index (χ2v) is 6.34. The lowest BCUT2D eigenvalue weighted by atomic mass is 10.1. The Morgan fingerprint density at radius 3 is 2.50 bits per heavy atom. The molecule has 1 aromatic carbocycles. The first kappa shape index (κ1) is 25.0. The van der Waals surface area contributed by atoms with Crippen molar-refractivity contribution >= 4 is 29.9 Å². The van der Waals surface area contributed by atoms with Crippen LogP contribution in [0.15, 0.2) is 23.2 Å². The molecule has 1 rings (SSSR count). The summed E-state index contributed by atoms with van der Waals surface area (Å²) in [6, 6.07) is 3.07. The highest BCUT2D eigenvalue weighted by Gasteiger charge is 2.13. The number of aliphatic imine (C=N–C) groups is 1. The van der Waals surface area contributed by atoms with Crippen LogP contribution in [0.1, 0.15) is 39.3 Å². The van der Waals surface area contributed by atoms with Gasteiger partial charge in [0.25, 0.3) is 0 Å². The van der Waals surface area contributed by atoms with Gasteiger partial charge in [-0.25, -0.2) is 8.78 Å². The third-order valence-electron chi connectivity index (χ3n) is 3.35. The molecule has 150 valence electrons. The van der Waals surface area contributed by atoms with Crippen molar-refractivity contribution in [2.45, 2.75) is 39.8 Å². The molecule has 0 fully saturated rings. The zero-order valence-corrected chi connectivity index (χ0v) is 18.1. The average molecular weight is 485 g/mol. The predicted molar refractivity (Wildman–Crippen MR) is 111 cm³/mol. The molecule has 0 aliphatic heterocycles. The van der Waals surface area contributed by atoms with Gasteiger partial charge in [-0.1, -0.05) is 19.9 Å². The van der Waals surface area contributed by atoms with Crippen LogP contribution in [0, 0.1) is 17.6 Å². The molecule has 0 saturated heterocycles. The molecule has 1 aromatic rings. The predicted octanol–water partition coefficient (Wildman–Crippen LogP) is 3.23. The van der Waals surface area contributed by atoms with Gasteiger partial charge < -0.3 is 20.5 Å². The summed E-state index contributed by atoms with van der Waals surface area (Å²) in [4.78, 5) is 4.29. The maximum Gasteiger partial charge on any atom is 0.191 e. The van der Waals surface area contributed by atoms with E-state index in [1.807, 2.05) is 20.8 Å². The summed E-state index contributed by atoms with van der Waals surface area (Å²) in [5, 5.41) is 16.0. The summed E-state index contributed by atoms with van der Waals surface area (Å²) in [7, 11) is 0. The second-order valence-electron chi connectivity index (χ2n) is 6.34. The summed E-state index contributed by atoms with van der Waals surface area (Å²) in [6.45, 7) is 9.30. The van der Waals surface area contributed by atoms with Crippen molar-refractivity contribution in [2.24, 2.45) is 10.9 Å². The van der Waals surface area contributed by atoms with Gasteiger partial charge >= 0.3 is 0 Å². The van der Waals surface area contributed by atoms with Crippen LogP contribution < -0.4 is 10.6 Å². The van der Waals surface area contributed by atoms with Crippen molar-refractivity contribution in [3.63, 3.8) is 0 Å². The zero-order valence-electron chi connectivity index (χ0n) is 15.8. The number of hydrogen-bond donors (Lipinski definition) is 3. The third kappa shape index (κ3) is 9.63. The molecular formula is C18H30F2IN3O2. The van der Waals surface area contributed by atoms with Crippen molar-refractivity contribution in [1.82, 2.24) is 10.6 Å². The van der Waals surface area contributed by atoms with E-state index >= 15 is 0 Å². The fraction of sp³-hybridized carbons (Fsp3) is 0.611. The number of benzene rings is 1. The van der Waals surface area contributed by atoms with E-state index in [1.165, 1.54) is 12.1 Å². The number of hydrogen-bond acceptors (Lipinski definition) is 3. The Hall–Kier alpha value is -1.00. The quantitative estimate of drug-likeness (QED) is 0.286. The lowest BCUT2D eigenvalue weighted by Gasteiger charge is -2.19. The van der Waals surface area contributed by atoms with Crippen LogP contribution in [0.25, 0.3) is 0 Å². The Morgan fingerprint density at radius 2 is 1.92 bits per heavy atom. The van der Waals surface area contributed by atoms with Crippen molar-refractivity contribution in [1.29, 1.82) is 0 Å². The fourth-order valence-electron chi connectivity index (χ4n) is 2.14. The van der Waals surface area contributed by atoms with Gasteiger partial charge in [0, 0.05) is 24.8 Å². The van der Waals surface area contributed by atoms with Crippen molar-refractivity contribution in [3.05, 3.63) is 35.4 Å². The van der Waals surface area contributed by atoms with Gasteiger partial charge in [-0.15, -0.1) is 24.0 Å². The lowest BCUT2D eigenvalue weighted by Crippen LogP contribution is -2.39. The highest BCUT2D eigenvalue weighted by atomic mass is 127. The van der Waals surface area contributed by atoms with Crippen LogP contribution in [-0.4, -0.2) is 43.5 Å². The first-order chi connectivity index (χ1) is 11.8. The molecule has 2 atom stereocenters. The first-order valence-corrected chi connectivity index (χ1v) is 8.59. The van der Waals surface area contributed by atoms with E-state index in [1.54, 1.807) is 6.92 Å². The maximum atomic E-state index is 13.9. The molecule has 0 aromatic heterocycles. The number of nitrogens with one attached hydrogen (secondary N) is 2. The number of halogens is 3. The Bertz CT molecular complexity index is 559. The molecule has 0 spiro atoms. The molecule has 0 aliphatic carbocycles. The summed E-state index contributed by atoms with van der Waals surface area (Å²) in [5.41, 5.74) is 0.341. The molecule has 5 nitrogen and oxygen atoms in total. The van der Waals surface area contributed by atoms with Gasteiger partial charge in [-0.05, 0) is 25.8 Å². The SMILES string of the molecule is CCNC(=NCC(O)COCC(C)C)NC(C)c1ccc(F)cc1F.I. The van der Waals surface area contributed by atoms with Crippen LogP contribution in [0.2, 0.25) is 0 Å². The van der Waals surface area contributed by atoms with E-state index in [9.17, 15) is 13.9 Å². The zero-order chi connectivity index (χ0) is 18.8. The number of aliphatic hydroxyl groups excluding tert-OH is 1. The van der Waals surface area contributed by atoms with Crippen molar-refractivity contribution in [2.75, 3.05) is 26.3 Å². The van der Waals surface area contributed by atoms with Gasteiger partial charge in [-0.2, -0.15) is 0 Å². The standard InChI is InChI=1S/C18H29F2N3O2.HI/c1-5-21-18(22-9-15(24)11-25-10-12(2)3)23-13(4)16-7-6-14(19)8-17(16)20;/h6-8,12-13,15,24H,5,9-11H2,1-4H3,(H2,21,22,23);1H. The van der Waals surface area contributed by atoms with Gasteiger partial charge in [0.2, 0.25) is 0 Å². The minimum Gasteiger partial charge on any atom is -0.389 e. The van der Waals surface area contributed by atoms with Crippen LogP contribution in [0.3, 0.4) is 0 Å². The van der Waals surface area contributed by atoms with E-state index in [4.69, 9.17) is 4.74 Å². The smallest absolute Gasteiger partial charge is 0.191 e. The second kappa shape index (κ2) is 13.2. The van der Waals surface area contributed by atoms with Gasteiger partial charge in [-0.3, -0.25) is 4.99 Å². The van der Waals surface area contributed by atoms with E-state index in [0.717, 1.165) is 6.07 Å². The number of rotatable bonds is 9. The van der Waals surface area contributed by atoms with E-state index in [2.05, 4.69) is 15.6 Å². The highest BCUT2D eigenvalue weighted by Crippen LogP contribution is 2.17. The first-order valence-electron chi connectivity index (χ1n) is 8.59. The topological polar surface area (TPSA) is 65.9 Å². The minimum atomic E-state index is -0.716. The number of nitrogens with zero attached hydrogens (tertiary/aromatic N) is 1. The number of aliphatic hydroxyl groups is 1. The Labute approximate surface area is 171 Å². The maximum absolute atomic E-state index is 13.9. The lowest BCUT2D eigenvalue weighted by molar-refractivity contribution is 0.0301.